The van der Waals surface area contributed by atoms with Gasteiger partial charge in [-0.2, -0.15) is 13.2 Å². The summed E-state index contributed by atoms with van der Waals surface area (Å²) in [6, 6.07) is -0.329. The Hall–Kier alpha value is -0.780. The van der Waals surface area contributed by atoms with Gasteiger partial charge in [-0.25, -0.2) is 0 Å². The maximum atomic E-state index is 12.5. The molecule has 18 heavy (non-hydrogen) atoms. The molecule has 1 fully saturated rings. The first-order chi connectivity index (χ1) is 8.44. The molecule has 1 amide bonds. The van der Waals surface area contributed by atoms with Gasteiger partial charge in [-0.1, -0.05) is 13.3 Å². The summed E-state index contributed by atoms with van der Waals surface area (Å²) in [7, 11) is 0. The Morgan fingerprint density at radius 3 is 2.44 bits per heavy atom. The molecule has 1 aliphatic rings. The number of carbonyl (C=O) groups is 1. The number of hydrogen-bond donors (Lipinski definition) is 0. The highest BCUT2D eigenvalue weighted by Crippen LogP contribution is 2.23. The van der Waals surface area contributed by atoms with Crippen LogP contribution < -0.4 is 0 Å². The Morgan fingerprint density at radius 2 is 1.94 bits per heavy atom. The lowest BCUT2D eigenvalue weighted by molar-refractivity contribution is -0.169. The average molecular weight is 267 g/mol. The van der Waals surface area contributed by atoms with Gasteiger partial charge in [-0.05, 0) is 19.3 Å². The minimum Gasteiger partial charge on any atom is -0.381 e. The lowest BCUT2D eigenvalue weighted by Crippen LogP contribution is -2.47. The van der Waals surface area contributed by atoms with E-state index < -0.39 is 12.7 Å². The molecule has 6 heteroatoms. The van der Waals surface area contributed by atoms with Crippen LogP contribution in [0.5, 0.6) is 0 Å². The fraction of sp³-hybridized carbons (Fsp3) is 0.917. The Labute approximate surface area is 105 Å². The number of halogens is 3. The summed E-state index contributed by atoms with van der Waals surface area (Å²) >= 11 is 0. The van der Waals surface area contributed by atoms with E-state index >= 15 is 0 Å². The number of amides is 1. The zero-order chi connectivity index (χ0) is 13.6. The van der Waals surface area contributed by atoms with E-state index in [1.807, 2.05) is 6.92 Å². The van der Waals surface area contributed by atoms with Crippen LogP contribution in [0, 0.1) is 0 Å². The van der Waals surface area contributed by atoms with E-state index in [1.54, 1.807) is 0 Å². The van der Waals surface area contributed by atoms with Gasteiger partial charge in [0.1, 0.15) is 6.54 Å². The van der Waals surface area contributed by atoms with Gasteiger partial charge >= 0.3 is 6.18 Å². The first kappa shape index (κ1) is 15.3. The first-order valence-corrected chi connectivity index (χ1v) is 6.38. The van der Waals surface area contributed by atoms with Crippen LogP contribution in [0.1, 0.15) is 39.0 Å². The first-order valence-electron chi connectivity index (χ1n) is 6.38. The molecule has 1 aliphatic heterocycles. The van der Waals surface area contributed by atoms with Crippen LogP contribution in [0.25, 0.3) is 0 Å². The summed E-state index contributed by atoms with van der Waals surface area (Å²) < 4.78 is 42.7. The van der Waals surface area contributed by atoms with Crippen LogP contribution in [0.4, 0.5) is 13.2 Å². The Kier molecular flexibility index (Phi) is 5.91. The fourth-order valence-electron chi connectivity index (χ4n) is 2.08. The van der Waals surface area contributed by atoms with Crippen LogP contribution in [-0.4, -0.2) is 42.8 Å². The van der Waals surface area contributed by atoms with Crippen molar-refractivity contribution >= 4 is 5.91 Å². The number of ether oxygens (including phenoxy) is 1. The van der Waals surface area contributed by atoms with Crippen molar-refractivity contribution in [2.45, 2.75) is 51.2 Å². The van der Waals surface area contributed by atoms with Crippen molar-refractivity contribution in [2.75, 3.05) is 19.8 Å². The van der Waals surface area contributed by atoms with Gasteiger partial charge in [-0.3, -0.25) is 4.79 Å². The molecule has 0 aliphatic carbocycles. The molecule has 0 spiro atoms. The summed E-state index contributed by atoms with van der Waals surface area (Å²) in [6.45, 7) is 1.64. The largest absolute Gasteiger partial charge is 0.406 e. The van der Waals surface area contributed by atoms with Crippen LogP contribution in [0.2, 0.25) is 0 Å². The van der Waals surface area contributed by atoms with E-state index in [1.165, 1.54) is 0 Å². The van der Waals surface area contributed by atoms with Crippen LogP contribution in [0.3, 0.4) is 0 Å². The van der Waals surface area contributed by atoms with Crippen LogP contribution in [0.15, 0.2) is 0 Å². The van der Waals surface area contributed by atoms with Crippen molar-refractivity contribution in [3.05, 3.63) is 0 Å². The molecule has 0 N–H and O–H groups in total. The monoisotopic (exact) mass is 267 g/mol. The zero-order valence-corrected chi connectivity index (χ0v) is 10.6. The molecule has 1 rings (SSSR count). The summed E-state index contributed by atoms with van der Waals surface area (Å²) in [5.74, 6) is -0.388. The lowest BCUT2D eigenvalue weighted by atomic mass is 10.1. The smallest absolute Gasteiger partial charge is 0.381 e. The molecule has 1 heterocycles. The van der Waals surface area contributed by atoms with Gasteiger partial charge in [0.2, 0.25) is 5.91 Å². The van der Waals surface area contributed by atoms with Gasteiger partial charge in [0.05, 0.1) is 0 Å². The van der Waals surface area contributed by atoms with E-state index in [0.29, 0.717) is 32.5 Å². The Morgan fingerprint density at radius 1 is 1.33 bits per heavy atom. The SMILES string of the molecule is CCCCC(=O)N(CC(F)(F)F)C1CCOCC1. The standard InChI is InChI=1S/C12H20F3NO2/c1-2-3-4-11(17)16(9-12(13,14)15)10-5-7-18-8-6-10/h10H,2-9H2,1H3. The van der Waals surface area contributed by atoms with E-state index in [0.717, 1.165) is 11.3 Å². The topological polar surface area (TPSA) is 29.5 Å². The van der Waals surface area contributed by atoms with E-state index in [-0.39, 0.29) is 18.4 Å². The van der Waals surface area contributed by atoms with Crippen molar-refractivity contribution in [3.8, 4) is 0 Å². The third kappa shape index (κ3) is 5.25. The van der Waals surface area contributed by atoms with Gasteiger partial charge in [-0.15, -0.1) is 0 Å². The van der Waals surface area contributed by atoms with Crippen molar-refractivity contribution < 1.29 is 22.7 Å². The molecule has 0 aromatic rings. The molecule has 0 aromatic heterocycles. The van der Waals surface area contributed by atoms with Gasteiger partial charge < -0.3 is 9.64 Å². The van der Waals surface area contributed by atoms with Crippen molar-refractivity contribution in [2.24, 2.45) is 0 Å². The molecule has 0 radical (unpaired) electrons. The normalized spacial score (nSPS) is 17.8. The maximum absolute atomic E-state index is 12.5. The van der Waals surface area contributed by atoms with E-state index in [2.05, 4.69) is 0 Å². The minimum absolute atomic E-state index is 0.198. The number of unbranched alkanes of at least 4 members (excludes halogenated alkanes) is 1. The predicted molar refractivity (Wildman–Crippen MR) is 61.1 cm³/mol. The van der Waals surface area contributed by atoms with Crippen molar-refractivity contribution in [1.82, 2.24) is 4.90 Å². The molecule has 0 saturated carbocycles. The fourth-order valence-corrected chi connectivity index (χ4v) is 2.08. The van der Waals surface area contributed by atoms with Crippen molar-refractivity contribution in [1.29, 1.82) is 0 Å². The summed E-state index contributed by atoms with van der Waals surface area (Å²) in [4.78, 5) is 12.9. The van der Waals surface area contributed by atoms with E-state index in [4.69, 9.17) is 4.74 Å². The van der Waals surface area contributed by atoms with Gasteiger partial charge in [0.25, 0.3) is 0 Å². The number of carbonyl (C=O) groups excluding carboxylic acids is 1. The summed E-state index contributed by atoms with van der Waals surface area (Å²) in [5.41, 5.74) is 0. The Balaban J connectivity index is 2.63. The quantitative estimate of drug-likeness (QED) is 0.766. The third-order valence-corrected chi connectivity index (χ3v) is 3.05. The second-order valence-electron chi connectivity index (χ2n) is 4.58. The molecular formula is C12H20F3NO2. The maximum Gasteiger partial charge on any atom is 0.406 e. The van der Waals surface area contributed by atoms with Crippen LogP contribution in [-0.2, 0) is 9.53 Å². The summed E-state index contributed by atoms with van der Waals surface area (Å²) in [5, 5.41) is 0. The lowest BCUT2D eigenvalue weighted by Gasteiger charge is -2.35. The van der Waals surface area contributed by atoms with Gasteiger partial charge in [0, 0.05) is 25.7 Å². The Bertz CT molecular complexity index is 263. The third-order valence-electron chi connectivity index (χ3n) is 3.05. The highest BCUT2D eigenvalue weighted by atomic mass is 19.4. The number of nitrogens with zero attached hydrogens (tertiary/aromatic N) is 1. The minimum atomic E-state index is -4.33. The van der Waals surface area contributed by atoms with Gasteiger partial charge in [0.15, 0.2) is 0 Å². The highest BCUT2D eigenvalue weighted by molar-refractivity contribution is 5.76. The predicted octanol–water partition coefficient (Wildman–Crippen LogP) is 2.75. The molecule has 0 atom stereocenters. The molecule has 1 saturated heterocycles. The van der Waals surface area contributed by atoms with E-state index in [9.17, 15) is 18.0 Å². The molecule has 3 nitrogen and oxygen atoms in total. The second-order valence-corrected chi connectivity index (χ2v) is 4.58. The molecule has 0 aromatic carbocycles. The zero-order valence-electron chi connectivity index (χ0n) is 10.6. The second kappa shape index (κ2) is 6.97. The van der Waals surface area contributed by atoms with Crippen molar-refractivity contribution in [3.63, 3.8) is 0 Å². The number of rotatable bonds is 5. The molecular weight excluding hydrogens is 247 g/mol. The average Bonchev–Trinajstić information content (AvgIpc) is 2.33. The molecule has 0 unspecified atom stereocenters. The molecule has 106 valence electrons. The van der Waals surface area contributed by atoms with Crippen LogP contribution >= 0.6 is 0 Å². The molecule has 0 bridgehead atoms. The number of alkyl halides is 3. The highest BCUT2D eigenvalue weighted by Gasteiger charge is 2.36. The summed E-state index contributed by atoms with van der Waals surface area (Å²) in [6.07, 6.45) is -1.71. The number of hydrogen-bond acceptors (Lipinski definition) is 2.